The molecule has 0 atom stereocenters. The molecule has 0 aliphatic rings. The van der Waals surface area contributed by atoms with Crippen LogP contribution in [0.4, 0.5) is 5.69 Å². The van der Waals surface area contributed by atoms with Crippen molar-refractivity contribution in [1.82, 2.24) is 9.97 Å². The molecule has 4 nitrogen and oxygen atoms in total. The van der Waals surface area contributed by atoms with Gasteiger partial charge in [0.1, 0.15) is 0 Å². The monoisotopic (exact) mass is 198 g/mol. The Morgan fingerprint density at radius 3 is 3.13 bits per heavy atom. The Kier molecular flexibility index (Phi) is 2.65. The van der Waals surface area contributed by atoms with E-state index in [0.717, 1.165) is 11.4 Å². The number of H-pyrrole nitrogens is 1. The van der Waals surface area contributed by atoms with Gasteiger partial charge < -0.3 is 10.3 Å². The number of aromatic nitrogens is 2. The molecule has 2 aromatic rings. The number of nitriles is 1. The van der Waals surface area contributed by atoms with E-state index < -0.39 is 0 Å². The van der Waals surface area contributed by atoms with E-state index in [-0.39, 0.29) is 0 Å². The summed E-state index contributed by atoms with van der Waals surface area (Å²) >= 11 is 0. The molecule has 2 rings (SSSR count). The van der Waals surface area contributed by atoms with Crippen molar-refractivity contribution in [2.75, 3.05) is 5.32 Å². The average Bonchev–Trinajstić information content (AvgIpc) is 2.79. The van der Waals surface area contributed by atoms with Crippen molar-refractivity contribution in [3.05, 3.63) is 48.0 Å². The summed E-state index contributed by atoms with van der Waals surface area (Å²) in [6.07, 6.45) is 3.41. The van der Waals surface area contributed by atoms with Gasteiger partial charge in [0.15, 0.2) is 0 Å². The van der Waals surface area contributed by atoms with Gasteiger partial charge in [-0.25, -0.2) is 4.98 Å². The molecule has 0 aliphatic heterocycles. The topological polar surface area (TPSA) is 64.5 Å². The first-order chi connectivity index (χ1) is 7.38. The highest BCUT2D eigenvalue weighted by atomic mass is 14.9. The van der Waals surface area contributed by atoms with Gasteiger partial charge in [-0.3, -0.25) is 0 Å². The molecule has 74 valence electrons. The Balaban J connectivity index is 2.02. The lowest BCUT2D eigenvalue weighted by atomic mass is 10.2. The zero-order valence-electron chi connectivity index (χ0n) is 8.07. The molecule has 0 unspecified atom stereocenters. The van der Waals surface area contributed by atoms with Gasteiger partial charge in [0, 0.05) is 11.9 Å². The number of rotatable bonds is 3. The quantitative estimate of drug-likeness (QED) is 0.791. The first-order valence-corrected chi connectivity index (χ1v) is 4.60. The number of nitrogens with one attached hydrogen (secondary N) is 2. The number of anilines is 1. The fourth-order valence-corrected chi connectivity index (χ4v) is 1.28. The minimum atomic E-state index is 0.657. The second-order valence-corrected chi connectivity index (χ2v) is 3.12. The van der Waals surface area contributed by atoms with Gasteiger partial charge in [-0.05, 0) is 18.2 Å². The Bertz CT molecular complexity index is 468. The zero-order valence-corrected chi connectivity index (χ0v) is 8.07. The molecule has 1 heterocycles. The van der Waals surface area contributed by atoms with Crippen LogP contribution in [0.3, 0.4) is 0 Å². The van der Waals surface area contributed by atoms with E-state index in [1.165, 1.54) is 0 Å². The molecule has 0 aliphatic carbocycles. The van der Waals surface area contributed by atoms with Gasteiger partial charge in [-0.1, -0.05) is 6.07 Å². The standard InChI is InChI=1S/C11H10N4/c12-5-9-2-1-3-10(4-9)14-7-11-6-13-8-15-11/h1-4,6,8,14H,7H2,(H,13,15). The normalized spacial score (nSPS) is 9.53. The van der Waals surface area contributed by atoms with Crippen molar-refractivity contribution in [3.8, 4) is 6.07 Å². The number of hydrogen-bond acceptors (Lipinski definition) is 3. The number of imidazole rings is 1. The van der Waals surface area contributed by atoms with Crippen LogP contribution < -0.4 is 5.32 Å². The van der Waals surface area contributed by atoms with Gasteiger partial charge in [0.05, 0.1) is 30.2 Å². The van der Waals surface area contributed by atoms with Crippen LogP contribution in [0.25, 0.3) is 0 Å². The van der Waals surface area contributed by atoms with Crippen molar-refractivity contribution in [3.63, 3.8) is 0 Å². The van der Waals surface area contributed by atoms with Crippen LogP contribution in [0.1, 0.15) is 11.3 Å². The van der Waals surface area contributed by atoms with Crippen LogP contribution in [0, 0.1) is 11.3 Å². The molecule has 0 amide bonds. The molecule has 0 spiro atoms. The Labute approximate surface area is 87.6 Å². The molecule has 0 saturated heterocycles. The van der Waals surface area contributed by atoms with Crippen molar-refractivity contribution in [2.24, 2.45) is 0 Å². The summed E-state index contributed by atoms with van der Waals surface area (Å²) in [6, 6.07) is 9.48. The highest BCUT2D eigenvalue weighted by molar-refractivity contribution is 5.49. The van der Waals surface area contributed by atoms with E-state index >= 15 is 0 Å². The lowest BCUT2D eigenvalue weighted by molar-refractivity contribution is 1.07. The number of aromatic amines is 1. The van der Waals surface area contributed by atoms with Crippen molar-refractivity contribution < 1.29 is 0 Å². The summed E-state index contributed by atoms with van der Waals surface area (Å²) in [6.45, 7) is 0.675. The van der Waals surface area contributed by atoms with Crippen LogP contribution in [-0.4, -0.2) is 9.97 Å². The van der Waals surface area contributed by atoms with Crippen molar-refractivity contribution in [1.29, 1.82) is 5.26 Å². The van der Waals surface area contributed by atoms with Gasteiger partial charge in [0.25, 0.3) is 0 Å². The van der Waals surface area contributed by atoms with Gasteiger partial charge in [0.2, 0.25) is 0 Å². The lowest BCUT2D eigenvalue weighted by Crippen LogP contribution is -1.99. The molecular weight excluding hydrogens is 188 g/mol. The fourth-order valence-electron chi connectivity index (χ4n) is 1.28. The summed E-state index contributed by atoms with van der Waals surface area (Å²) in [5, 5.41) is 11.9. The minimum Gasteiger partial charge on any atom is -0.379 e. The second-order valence-electron chi connectivity index (χ2n) is 3.12. The third-order valence-electron chi connectivity index (χ3n) is 2.03. The summed E-state index contributed by atoms with van der Waals surface area (Å²) in [5.41, 5.74) is 2.60. The fraction of sp³-hybridized carbons (Fsp3) is 0.0909. The number of hydrogen-bond donors (Lipinski definition) is 2. The van der Waals surface area contributed by atoms with E-state index in [1.807, 2.05) is 18.2 Å². The second kappa shape index (κ2) is 4.29. The summed E-state index contributed by atoms with van der Waals surface area (Å²) < 4.78 is 0. The van der Waals surface area contributed by atoms with E-state index in [9.17, 15) is 0 Å². The van der Waals surface area contributed by atoms with Gasteiger partial charge in [-0.15, -0.1) is 0 Å². The molecule has 4 heteroatoms. The van der Waals surface area contributed by atoms with Crippen LogP contribution in [0.15, 0.2) is 36.8 Å². The van der Waals surface area contributed by atoms with E-state index in [0.29, 0.717) is 12.1 Å². The molecule has 0 saturated carbocycles. The zero-order chi connectivity index (χ0) is 10.5. The highest BCUT2D eigenvalue weighted by Gasteiger charge is 1.96. The Morgan fingerprint density at radius 2 is 2.40 bits per heavy atom. The van der Waals surface area contributed by atoms with Gasteiger partial charge >= 0.3 is 0 Å². The van der Waals surface area contributed by atoms with Crippen LogP contribution in [0.5, 0.6) is 0 Å². The smallest absolute Gasteiger partial charge is 0.0992 e. The number of benzene rings is 1. The summed E-state index contributed by atoms with van der Waals surface area (Å²) in [7, 11) is 0. The first kappa shape index (κ1) is 9.28. The summed E-state index contributed by atoms with van der Waals surface area (Å²) in [5.74, 6) is 0. The highest BCUT2D eigenvalue weighted by Crippen LogP contribution is 2.10. The van der Waals surface area contributed by atoms with Crippen LogP contribution >= 0.6 is 0 Å². The molecule has 1 aromatic heterocycles. The summed E-state index contributed by atoms with van der Waals surface area (Å²) in [4.78, 5) is 6.92. The molecule has 0 fully saturated rings. The van der Waals surface area contributed by atoms with E-state index in [2.05, 4.69) is 21.4 Å². The molecule has 15 heavy (non-hydrogen) atoms. The van der Waals surface area contributed by atoms with Crippen molar-refractivity contribution >= 4 is 5.69 Å². The third-order valence-corrected chi connectivity index (χ3v) is 2.03. The number of nitrogens with zero attached hydrogens (tertiary/aromatic N) is 2. The average molecular weight is 198 g/mol. The molecule has 2 N–H and O–H groups in total. The third kappa shape index (κ3) is 2.35. The first-order valence-electron chi connectivity index (χ1n) is 4.60. The van der Waals surface area contributed by atoms with Crippen LogP contribution in [0.2, 0.25) is 0 Å². The maximum atomic E-state index is 8.72. The van der Waals surface area contributed by atoms with E-state index in [4.69, 9.17) is 5.26 Å². The Hall–Kier alpha value is -2.28. The maximum absolute atomic E-state index is 8.72. The van der Waals surface area contributed by atoms with Crippen molar-refractivity contribution in [2.45, 2.75) is 6.54 Å². The van der Waals surface area contributed by atoms with Crippen LogP contribution in [-0.2, 0) is 6.54 Å². The van der Waals surface area contributed by atoms with Gasteiger partial charge in [-0.2, -0.15) is 5.26 Å². The van der Waals surface area contributed by atoms with E-state index in [1.54, 1.807) is 18.6 Å². The molecule has 1 aromatic carbocycles. The lowest BCUT2D eigenvalue weighted by Gasteiger charge is -2.04. The maximum Gasteiger partial charge on any atom is 0.0992 e. The minimum absolute atomic E-state index is 0.657. The SMILES string of the molecule is N#Cc1cccc(NCc2cnc[nH]2)c1. The molecule has 0 bridgehead atoms. The Morgan fingerprint density at radius 1 is 1.47 bits per heavy atom. The molecule has 0 radical (unpaired) electrons. The predicted molar refractivity (Wildman–Crippen MR) is 57.1 cm³/mol. The predicted octanol–water partition coefficient (Wildman–Crippen LogP) is 1.89. The molecular formula is C11H10N4. The largest absolute Gasteiger partial charge is 0.379 e.